The van der Waals surface area contributed by atoms with Crippen molar-refractivity contribution in [1.82, 2.24) is 9.88 Å². The van der Waals surface area contributed by atoms with Crippen LogP contribution < -0.4 is 5.73 Å². The summed E-state index contributed by atoms with van der Waals surface area (Å²) >= 11 is 0. The van der Waals surface area contributed by atoms with Crippen LogP contribution in [0.3, 0.4) is 0 Å². The van der Waals surface area contributed by atoms with E-state index in [0.29, 0.717) is 42.0 Å². The number of benzene rings is 2. The van der Waals surface area contributed by atoms with Gasteiger partial charge in [0.05, 0.1) is 23.8 Å². The molecular formula is C24H24F3N3O3. The minimum atomic E-state index is -4.43. The predicted octanol–water partition coefficient (Wildman–Crippen LogP) is 4.01. The number of β-amino-alcohol motifs (C(OH)–C–C–N with tert-alkyl or cyclic N) is 1. The molecule has 1 fully saturated rings. The molecule has 0 radical (unpaired) electrons. The number of anilines is 1. The van der Waals surface area contributed by atoms with E-state index in [2.05, 4.69) is 4.98 Å². The Kier molecular flexibility index (Phi) is 5.13. The molecule has 3 aromatic rings. The highest BCUT2D eigenvalue weighted by molar-refractivity contribution is 5.87. The van der Waals surface area contributed by atoms with Crippen LogP contribution in [0.25, 0.3) is 10.9 Å². The van der Waals surface area contributed by atoms with E-state index >= 15 is 0 Å². The normalized spacial score (nSPS) is 24.4. The first-order chi connectivity index (χ1) is 15.6. The zero-order chi connectivity index (χ0) is 23.5. The molecule has 0 amide bonds. The average Bonchev–Trinajstić information content (AvgIpc) is 3.37. The molecule has 0 saturated carbocycles. The summed E-state index contributed by atoms with van der Waals surface area (Å²) in [6, 6.07) is 9.97. The van der Waals surface area contributed by atoms with Crippen LogP contribution in [-0.4, -0.2) is 33.2 Å². The van der Waals surface area contributed by atoms with Crippen molar-refractivity contribution in [1.29, 1.82) is 0 Å². The number of aliphatic hydroxyl groups excluding tert-OH is 1. The summed E-state index contributed by atoms with van der Waals surface area (Å²) in [5, 5.41) is 23.0. The summed E-state index contributed by atoms with van der Waals surface area (Å²) in [6.45, 7) is 2.81. The third-order valence-corrected chi connectivity index (χ3v) is 6.74. The summed E-state index contributed by atoms with van der Waals surface area (Å²) < 4.78 is 44.3. The summed E-state index contributed by atoms with van der Waals surface area (Å²) in [6.07, 6.45) is -5.28. The van der Waals surface area contributed by atoms with Crippen molar-refractivity contribution in [3.05, 3.63) is 70.3 Å². The SMILES string of the molecule is C[C@H]1OCc2c1c(N)nc1ccc(C(O)N3CC[C@](O)(c4ccc(C(F)(F)F)cc4)C3)cc21. The van der Waals surface area contributed by atoms with Gasteiger partial charge in [0.2, 0.25) is 0 Å². The number of nitrogen functional groups attached to an aromatic ring is 1. The summed E-state index contributed by atoms with van der Waals surface area (Å²) in [5.74, 6) is 0.442. The quantitative estimate of drug-likeness (QED) is 0.548. The van der Waals surface area contributed by atoms with Gasteiger partial charge in [0.15, 0.2) is 0 Å². The number of alkyl halides is 3. The molecule has 1 saturated heterocycles. The Balaban J connectivity index is 1.40. The molecular weight excluding hydrogens is 435 g/mol. The van der Waals surface area contributed by atoms with Gasteiger partial charge in [0.25, 0.3) is 0 Å². The fourth-order valence-corrected chi connectivity index (χ4v) is 4.89. The van der Waals surface area contributed by atoms with Crippen LogP contribution in [0.2, 0.25) is 0 Å². The number of ether oxygens (including phenoxy) is 1. The van der Waals surface area contributed by atoms with Crippen molar-refractivity contribution in [3.63, 3.8) is 0 Å². The molecule has 3 atom stereocenters. The fourth-order valence-electron chi connectivity index (χ4n) is 4.89. The average molecular weight is 459 g/mol. The van der Waals surface area contributed by atoms with Crippen LogP contribution in [0.15, 0.2) is 42.5 Å². The highest BCUT2D eigenvalue weighted by atomic mass is 19.4. The van der Waals surface area contributed by atoms with E-state index in [4.69, 9.17) is 10.5 Å². The van der Waals surface area contributed by atoms with Gasteiger partial charge in [-0.1, -0.05) is 18.2 Å². The van der Waals surface area contributed by atoms with Crippen molar-refractivity contribution in [2.24, 2.45) is 0 Å². The van der Waals surface area contributed by atoms with Crippen LogP contribution in [0.1, 0.15) is 53.5 Å². The topological polar surface area (TPSA) is 91.8 Å². The highest BCUT2D eigenvalue weighted by Gasteiger charge is 2.41. The number of pyridine rings is 1. The number of rotatable bonds is 3. The number of aliphatic hydroxyl groups is 2. The van der Waals surface area contributed by atoms with E-state index in [1.807, 2.05) is 13.0 Å². The van der Waals surface area contributed by atoms with Gasteiger partial charge < -0.3 is 20.7 Å². The van der Waals surface area contributed by atoms with E-state index in [-0.39, 0.29) is 12.6 Å². The van der Waals surface area contributed by atoms with E-state index in [9.17, 15) is 23.4 Å². The first kappa shape index (κ1) is 22.1. The van der Waals surface area contributed by atoms with Gasteiger partial charge in [0, 0.05) is 24.0 Å². The number of likely N-dealkylation sites (tertiary alicyclic amines) is 1. The van der Waals surface area contributed by atoms with E-state index < -0.39 is 23.6 Å². The molecule has 1 unspecified atom stereocenters. The van der Waals surface area contributed by atoms with Crippen molar-refractivity contribution in [2.45, 2.75) is 44.1 Å². The van der Waals surface area contributed by atoms with E-state index in [1.165, 1.54) is 12.1 Å². The lowest BCUT2D eigenvalue weighted by molar-refractivity contribution is -0.137. The molecule has 3 heterocycles. The van der Waals surface area contributed by atoms with Gasteiger partial charge in [0.1, 0.15) is 17.6 Å². The number of fused-ring (bicyclic) bond motifs is 3. The second-order valence-electron chi connectivity index (χ2n) is 8.82. The largest absolute Gasteiger partial charge is 0.416 e. The maximum Gasteiger partial charge on any atom is 0.416 e. The summed E-state index contributed by atoms with van der Waals surface area (Å²) in [5.41, 5.74) is 7.56. The zero-order valence-electron chi connectivity index (χ0n) is 17.9. The molecule has 9 heteroatoms. The molecule has 0 aliphatic carbocycles. The second-order valence-corrected chi connectivity index (χ2v) is 8.82. The molecule has 5 rings (SSSR count). The van der Waals surface area contributed by atoms with Crippen LogP contribution >= 0.6 is 0 Å². The Labute approximate surface area is 188 Å². The van der Waals surface area contributed by atoms with Crippen LogP contribution in [0.4, 0.5) is 19.0 Å². The lowest BCUT2D eigenvalue weighted by atomic mass is 9.92. The molecule has 1 aromatic heterocycles. The van der Waals surface area contributed by atoms with E-state index in [0.717, 1.165) is 28.6 Å². The predicted molar refractivity (Wildman–Crippen MR) is 116 cm³/mol. The molecule has 2 aliphatic heterocycles. The van der Waals surface area contributed by atoms with Gasteiger partial charge in [-0.05, 0) is 54.3 Å². The molecule has 2 aromatic carbocycles. The Hall–Kier alpha value is -2.72. The zero-order valence-corrected chi connectivity index (χ0v) is 17.9. The number of aromatic nitrogens is 1. The smallest absolute Gasteiger partial charge is 0.384 e. The maximum absolute atomic E-state index is 12.9. The van der Waals surface area contributed by atoms with Crippen molar-refractivity contribution < 1.29 is 28.1 Å². The number of hydrogen-bond acceptors (Lipinski definition) is 6. The van der Waals surface area contributed by atoms with Gasteiger partial charge in [-0.15, -0.1) is 0 Å². The molecule has 0 bridgehead atoms. The lowest BCUT2D eigenvalue weighted by Crippen LogP contribution is -2.33. The Morgan fingerprint density at radius 3 is 2.64 bits per heavy atom. The fraction of sp³-hybridized carbons (Fsp3) is 0.375. The second kappa shape index (κ2) is 7.66. The van der Waals surface area contributed by atoms with Crippen molar-refractivity contribution in [2.75, 3.05) is 18.8 Å². The Morgan fingerprint density at radius 1 is 1.21 bits per heavy atom. The van der Waals surface area contributed by atoms with Gasteiger partial charge in [-0.2, -0.15) is 13.2 Å². The van der Waals surface area contributed by atoms with Gasteiger partial charge in [-0.25, -0.2) is 4.98 Å². The minimum Gasteiger partial charge on any atom is -0.384 e. The summed E-state index contributed by atoms with van der Waals surface area (Å²) in [4.78, 5) is 6.18. The van der Waals surface area contributed by atoms with Crippen molar-refractivity contribution in [3.8, 4) is 0 Å². The first-order valence-corrected chi connectivity index (χ1v) is 10.7. The molecule has 6 nitrogen and oxygen atoms in total. The first-order valence-electron chi connectivity index (χ1n) is 10.7. The van der Waals surface area contributed by atoms with Crippen LogP contribution in [-0.2, 0) is 23.1 Å². The van der Waals surface area contributed by atoms with Crippen molar-refractivity contribution >= 4 is 16.7 Å². The molecule has 4 N–H and O–H groups in total. The number of nitrogens with zero attached hydrogens (tertiary/aromatic N) is 2. The third-order valence-electron chi connectivity index (χ3n) is 6.74. The van der Waals surface area contributed by atoms with Gasteiger partial charge >= 0.3 is 6.18 Å². The summed E-state index contributed by atoms with van der Waals surface area (Å²) in [7, 11) is 0. The third kappa shape index (κ3) is 3.74. The van der Waals surface area contributed by atoms with E-state index in [1.54, 1.807) is 17.0 Å². The highest BCUT2D eigenvalue weighted by Crippen LogP contribution is 2.40. The molecule has 174 valence electrons. The number of hydrogen-bond donors (Lipinski definition) is 3. The standard InChI is InChI=1S/C24H24F3N3O3/c1-13-20-18(11-33-13)17-10-14(2-7-19(17)29-21(20)28)22(31)30-9-8-23(32,12-30)15-3-5-16(6-4-15)24(25,26)27/h2-7,10,13,22,31-32H,8-9,11-12H2,1H3,(H2,28,29)/t13-,22?,23-/m1/s1. The Bertz CT molecular complexity index is 1220. The molecule has 0 spiro atoms. The number of halogens is 3. The Morgan fingerprint density at radius 2 is 1.94 bits per heavy atom. The molecule has 33 heavy (non-hydrogen) atoms. The minimum absolute atomic E-state index is 0.0931. The monoisotopic (exact) mass is 459 g/mol. The maximum atomic E-state index is 12.9. The van der Waals surface area contributed by atoms with Crippen LogP contribution in [0, 0.1) is 0 Å². The van der Waals surface area contributed by atoms with Gasteiger partial charge in [-0.3, -0.25) is 4.90 Å². The molecule has 2 aliphatic rings. The number of nitrogens with two attached hydrogens (primary N) is 1. The van der Waals surface area contributed by atoms with Crippen LogP contribution in [0.5, 0.6) is 0 Å². The lowest BCUT2D eigenvalue weighted by Gasteiger charge is -2.27.